The molecule has 0 unspecified atom stereocenters. The van der Waals surface area contributed by atoms with Gasteiger partial charge in [0.25, 0.3) is 0 Å². The van der Waals surface area contributed by atoms with Crippen LogP contribution in [0.2, 0.25) is 0 Å². The van der Waals surface area contributed by atoms with E-state index in [1.165, 1.54) is 0 Å². The number of carbonyl (C=O) groups is 1. The van der Waals surface area contributed by atoms with Crippen LogP contribution >= 0.6 is 11.6 Å². The van der Waals surface area contributed by atoms with Gasteiger partial charge in [0.2, 0.25) is 0 Å². The fraction of sp³-hybridized carbons (Fsp3) is 0.533. The maximum atomic E-state index is 11.1. The van der Waals surface area contributed by atoms with Crippen LogP contribution in [0.3, 0.4) is 0 Å². The third kappa shape index (κ3) is 3.49. The second-order valence-electron chi connectivity index (χ2n) is 6.52. The second-order valence-corrected chi connectivity index (χ2v) is 6.83. The number of hydrogen-bond acceptors (Lipinski definition) is 2. The van der Waals surface area contributed by atoms with E-state index in [0.29, 0.717) is 5.75 Å². The van der Waals surface area contributed by atoms with E-state index in [-0.39, 0.29) is 10.8 Å². The van der Waals surface area contributed by atoms with E-state index in [1.807, 2.05) is 18.2 Å². The Kier molecular flexibility index (Phi) is 4.12. The lowest BCUT2D eigenvalue weighted by molar-refractivity contribution is 0.223. The number of ether oxygens (including phenoxy) is 1. The van der Waals surface area contributed by atoms with Crippen LogP contribution in [0.25, 0.3) is 0 Å². The van der Waals surface area contributed by atoms with Crippen molar-refractivity contribution in [1.82, 2.24) is 0 Å². The normalized spacial score (nSPS) is 12.4. The highest BCUT2D eigenvalue weighted by atomic mass is 35.5. The van der Waals surface area contributed by atoms with Gasteiger partial charge >= 0.3 is 5.43 Å². The Bertz CT molecular complexity index is 418. The van der Waals surface area contributed by atoms with Crippen LogP contribution in [0.4, 0.5) is 4.79 Å². The summed E-state index contributed by atoms with van der Waals surface area (Å²) in [6, 6.07) is 5.95. The van der Waals surface area contributed by atoms with Crippen molar-refractivity contribution >= 4 is 17.0 Å². The van der Waals surface area contributed by atoms with E-state index in [1.54, 1.807) is 0 Å². The van der Waals surface area contributed by atoms with E-state index in [2.05, 4.69) is 41.5 Å². The molecule has 0 amide bonds. The standard InChI is InChI=1S/C15H21ClO2/c1-14(2,3)10-8-7-9-11(15(4,5)6)12(10)18-13(16)17/h7-9H,1-6H3. The minimum absolute atomic E-state index is 0.108. The molecule has 100 valence electrons. The second kappa shape index (κ2) is 4.93. The third-order valence-corrected chi connectivity index (χ3v) is 2.89. The quantitative estimate of drug-likeness (QED) is 0.669. The number of rotatable bonds is 1. The topological polar surface area (TPSA) is 26.3 Å². The van der Waals surface area contributed by atoms with Gasteiger partial charge in [-0.3, -0.25) is 0 Å². The Balaban J connectivity index is 3.50. The van der Waals surface area contributed by atoms with Crippen molar-refractivity contribution in [2.24, 2.45) is 0 Å². The van der Waals surface area contributed by atoms with Crippen molar-refractivity contribution in [3.8, 4) is 5.75 Å². The molecule has 0 saturated heterocycles. The molecule has 0 heterocycles. The van der Waals surface area contributed by atoms with Crippen molar-refractivity contribution in [3.05, 3.63) is 29.3 Å². The lowest BCUT2D eigenvalue weighted by Crippen LogP contribution is -2.20. The Hall–Kier alpha value is -1.02. The predicted octanol–water partition coefficient (Wildman–Crippen LogP) is 5.02. The van der Waals surface area contributed by atoms with Crippen LogP contribution in [-0.2, 0) is 10.8 Å². The molecule has 0 N–H and O–H groups in total. The van der Waals surface area contributed by atoms with Crippen LogP contribution < -0.4 is 4.74 Å². The Morgan fingerprint density at radius 3 is 1.67 bits per heavy atom. The minimum atomic E-state index is -0.794. The van der Waals surface area contributed by atoms with Gasteiger partial charge in [-0.25, -0.2) is 4.79 Å². The molecular weight excluding hydrogens is 248 g/mol. The SMILES string of the molecule is CC(C)(C)c1cccc(C(C)(C)C)c1OC(=O)Cl. The van der Waals surface area contributed by atoms with Crippen LogP contribution in [0.15, 0.2) is 18.2 Å². The first-order valence-electron chi connectivity index (χ1n) is 6.05. The van der Waals surface area contributed by atoms with Gasteiger partial charge in [-0.2, -0.15) is 0 Å². The van der Waals surface area contributed by atoms with Gasteiger partial charge < -0.3 is 4.74 Å². The maximum absolute atomic E-state index is 11.1. The zero-order valence-corrected chi connectivity index (χ0v) is 12.7. The monoisotopic (exact) mass is 268 g/mol. The van der Waals surface area contributed by atoms with E-state index in [4.69, 9.17) is 16.3 Å². The summed E-state index contributed by atoms with van der Waals surface area (Å²) >= 11 is 5.40. The number of benzene rings is 1. The molecule has 1 rings (SSSR count). The summed E-state index contributed by atoms with van der Waals surface area (Å²) in [5, 5.41) is 0. The van der Waals surface area contributed by atoms with Crippen LogP contribution in [0.5, 0.6) is 5.75 Å². The van der Waals surface area contributed by atoms with Crippen LogP contribution in [0, 0.1) is 0 Å². The average molecular weight is 269 g/mol. The van der Waals surface area contributed by atoms with Crippen LogP contribution in [0.1, 0.15) is 52.7 Å². The summed E-state index contributed by atoms with van der Waals surface area (Å²) in [5.74, 6) is 0.595. The predicted molar refractivity (Wildman–Crippen MR) is 75.7 cm³/mol. The van der Waals surface area contributed by atoms with Crippen molar-refractivity contribution in [2.75, 3.05) is 0 Å². The van der Waals surface area contributed by atoms with E-state index in [0.717, 1.165) is 11.1 Å². The summed E-state index contributed by atoms with van der Waals surface area (Å²) < 4.78 is 5.26. The highest BCUT2D eigenvalue weighted by Crippen LogP contribution is 2.39. The first-order valence-corrected chi connectivity index (χ1v) is 6.42. The van der Waals surface area contributed by atoms with E-state index >= 15 is 0 Å². The number of carbonyl (C=O) groups excluding carboxylic acids is 1. The summed E-state index contributed by atoms with van der Waals surface area (Å²) in [7, 11) is 0. The molecule has 0 aliphatic carbocycles. The summed E-state index contributed by atoms with van der Waals surface area (Å²) in [6.07, 6.45) is 0. The zero-order valence-electron chi connectivity index (χ0n) is 11.9. The van der Waals surface area contributed by atoms with Crippen LogP contribution in [-0.4, -0.2) is 5.43 Å². The molecule has 18 heavy (non-hydrogen) atoms. The molecule has 0 atom stereocenters. The lowest BCUT2D eigenvalue weighted by Gasteiger charge is -2.28. The smallest absolute Gasteiger partial charge is 0.409 e. The van der Waals surface area contributed by atoms with Crippen molar-refractivity contribution in [2.45, 2.75) is 52.4 Å². The lowest BCUT2D eigenvalue weighted by atomic mass is 9.79. The summed E-state index contributed by atoms with van der Waals surface area (Å²) in [5.41, 5.74) is 0.969. The largest absolute Gasteiger partial charge is 0.414 e. The number of para-hydroxylation sites is 1. The molecule has 0 bridgehead atoms. The summed E-state index contributed by atoms with van der Waals surface area (Å²) in [4.78, 5) is 11.1. The minimum Gasteiger partial charge on any atom is -0.414 e. The number of halogens is 1. The third-order valence-electron chi connectivity index (χ3n) is 2.81. The van der Waals surface area contributed by atoms with Gasteiger partial charge in [0, 0.05) is 22.7 Å². The van der Waals surface area contributed by atoms with Gasteiger partial charge in [-0.05, 0) is 10.8 Å². The fourth-order valence-corrected chi connectivity index (χ4v) is 1.99. The number of hydrogen-bond donors (Lipinski definition) is 0. The molecule has 1 aromatic rings. The molecule has 0 spiro atoms. The van der Waals surface area contributed by atoms with E-state index in [9.17, 15) is 4.79 Å². The Labute approximate surface area is 114 Å². The van der Waals surface area contributed by atoms with Crippen molar-refractivity contribution in [3.63, 3.8) is 0 Å². The first-order chi connectivity index (χ1) is 8.03. The molecule has 3 heteroatoms. The van der Waals surface area contributed by atoms with Crippen molar-refractivity contribution < 1.29 is 9.53 Å². The van der Waals surface area contributed by atoms with Crippen molar-refractivity contribution in [1.29, 1.82) is 0 Å². The molecule has 0 aliphatic heterocycles. The summed E-state index contributed by atoms with van der Waals surface area (Å²) in [6.45, 7) is 12.5. The van der Waals surface area contributed by atoms with Gasteiger partial charge in [-0.1, -0.05) is 59.7 Å². The molecule has 0 saturated carbocycles. The molecule has 0 aliphatic rings. The molecule has 0 radical (unpaired) electrons. The van der Waals surface area contributed by atoms with E-state index < -0.39 is 5.43 Å². The molecule has 2 nitrogen and oxygen atoms in total. The maximum Gasteiger partial charge on any atom is 0.409 e. The Morgan fingerprint density at radius 2 is 1.39 bits per heavy atom. The van der Waals surface area contributed by atoms with Gasteiger partial charge in [0.05, 0.1) is 0 Å². The molecule has 0 aromatic heterocycles. The molecule has 0 fully saturated rings. The van der Waals surface area contributed by atoms with Gasteiger partial charge in [0.1, 0.15) is 5.75 Å². The molecular formula is C15H21ClO2. The first kappa shape index (κ1) is 15.0. The average Bonchev–Trinajstić information content (AvgIpc) is 2.13. The van der Waals surface area contributed by atoms with Gasteiger partial charge in [0.15, 0.2) is 0 Å². The fourth-order valence-electron chi connectivity index (χ4n) is 1.91. The van der Waals surface area contributed by atoms with Gasteiger partial charge in [-0.15, -0.1) is 0 Å². The highest BCUT2D eigenvalue weighted by Gasteiger charge is 2.27. The molecule has 1 aromatic carbocycles. The zero-order chi connectivity index (χ0) is 14.1. The highest BCUT2D eigenvalue weighted by molar-refractivity contribution is 6.61. The Morgan fingerprint density at radius 1 is 1.00 bits per heavy atom.